The number of piperidine rings is 2. The Labute approximate surface area is 192 Å². The maximum Gasteiger partial charge on any atom is 0.230 e. The largest absolute Gasteiger partial charge is 0.317 e. The normalized spacial score (nSPS) is 18.2. The van der Waals surface area contributed by atoms with E-state index in [4.69, 9.17) is 0 Å². The van der Waals surface area contributed by atoms with Crippen molar-refractivity contribution in [3.63, 3.8) is 0 Å². The number of carbonyl (C=O) groups excluding carboxylic acids is 1. The van der Waals surface area contributed by atoms with Crippen LogP contribution in [0.3, 0.4) is 0 Å². The summed E-state index contributed by atoms with van der Waals surface area (Å²) in [5.41, 5.74) is 2.86. The van der Waals surface area contributed by atoms with Gasteiger partial charge in [-0.25, -0.2) is 0 Å². The van der Waals surface area contributed by atoms with E-state index in [0.29, 0.717) is 11.5 Å². The minimum atomic E-state index is 0.0784. The second-order valence-electron chi connectivity index (χ2n) is 9.17. The van der Waals surface area contributed by atoms with Crippen molar-refractivity contribution in [2.75, 3.05) is 37.6 Å². The lowest BCUT2D eigenvalue weighted by Gasteiger charge is -2.34. The van der Waals surface area contributed by atoms with Crippen LogP contribution in [-0.2, 0) is 11.3 Å². The summed E-state index contributed by atoms with van der Waals surface area (Å²) in [6, 6.07) is 20.4. The van der Waals surface area contributed by atoms with Crippen molar-refractivity contribution < 1.29 is 4.79 Å². The lowest BCUT2D eigenvalue weighted by Crippen LogP contribution is -2.42. The fourth-order valence-electron chi connectivity index (χ4n) is 4.99. The van der Waals surface area contributed by atoms with Gasteiger partial charge in [0.1, 0.15) is 0 Å². The van der Waals surface area contributed by atoms with Crippen LogP contribution in [0.15, 0.2) is 54.6 Å². The van der Waals surface area contributed by atoms with Gasteiger partial charge in [-0.15, -0.1) is 0 Å². The summed E-state index contributed by atoms with van der Waals surface area (Å²) in [5, 5.41) is 12.7. The molecule has 1 amide bonds. The molecule has 0 saturated carbocycles. The van der Waals surface area contributed by atoms with Crippen molar-refractivity contribution in [2.45, 2.75) is 38.6 Å². The molecule has 2 fully saturated rings. The molecule has 0 atom stereocenters. The van der Waals surface area contributed by atoms with E-state index in [0.717, 1.165) is 64.2 Å². The number of amides is 1. The fraction of sp³-hybridized carbons (Fsp3) is 0.481. The molecule has 2 saturated heterocycles. The van der Waals surface area contributed by atoms with Crippen LogP contribution >= 0.6 is 0 Å². The van der Waals surface area contributed by atoms with Gasteiger partial charge in [-0.1, -0.05) is 36.4 Å². The second-order valence-corrected chi connectivity index (χ2v) is 9.17. The number of rotatable bonds is 7. The summed E-state index contributed by atoms with van der Waals surface area (Å²) in [6.07, 6.45) is 5.17. The van der Waals surface area contributed by atoms with Crippen LogP contribution in [0.4, 0.5) is 5.69 Å². The Morgan fingerprint density at radius 1 is 1.03 bits per heavy atom. The molecule has 32 heavy (non-hydrogen) atoms. The molecule has 0 aromatic heterocycles. The van der Waals surface area contributed by atoms with Crippen LogP contribution in [-0.4, -0.2) is 43.5 Å². The van der Waals surface area contributed by atoms with Gasteiger partial charge in [0.2, 0.25) is 5.91 Å². The zero-order chi connectivity index (χ0) is 22.2. The van der Waals surface area contributed by atoms with Gasteiger partial charge < -0.3 is 10.2 Å². The van der Waals surface area contributed by atoms with Crippen LogP contribution < -0.4 is 10.2 Å². The van der Waals surface area contributed by atoms with E-state index in [-0.39, 0.29) is 11.8 Å². The zero-order valence-electron chi connectivity index (χ0n) is 18.9. The molecule has 2 heterocycles. The molecule has 0 aliphatic carbocycles. The molecule has 2 aliphatic rings. The van der Waals surface area contributed by atoms with Crippen LogP contribution in [0.25, 0.3) is 0 Å². The van der Waals surface area contributed by atoms with E-state index in [9.17, 15) is 10.1 Å². The topological polar surface area (TPSA) is 59.4 Å². The lowest BCUT2D eigenvalue weighted by molar-refractivity contribution is -0.123. The van der Waals surface area contributed by atoms with Crippen LogP contribution in [0.5, 0.6) is 0 Å². The van der Waals surface area contributed by atoms with Gasteiger partial charge in [0.25, 0.3) is 0 Å². The first-order valence-electron chi connectivity index (χ1n) is 12.0. The minimum Gasteiger partial charge on any atom is -0.317 e. The van der Waals surface area contributed by atoms with E-state index in [1.54, 1.807) is 6.07 Å². The third-order valence-electron chi connectivity index (χ3n) is 6.96. The number of anilines is 1. The maximum absolute atomic E-state index is 13.4. The Bertz CT molecular complexity index is 909. The highest BCUT2D eigenvalue weighted by Gasteiger charge is 2.28. The highest BCUT2D eigenvalue weighted by atomic mass is 16.2. The predicted octanol–water partition coefficient (Wildman–Crippen LogP) is 4.19. The summed E-state index contributed by atoms with van der Waals surface area (Å²) in [7, 11) is 0. The van der Waals surface area contributed by atoms with Gasteiger partial charge in [0.05, 0.1) is 11.6 Å². The van der Waals surface area contributed by atoms with Gasteiger partial charge in [-0.05, 0) is 88.0 Å². The van der Waals surface area contributed by atoms with Gasteiger partial charge >= 0.3 is 0 Å². The molecule has 2 aromatic carbocycles. The van der Waals surface area contributed by atoms with Gasteiger partial charge in [-0.3, -0.25) is 9.69 Å². The number of nitriles is 1. The van der Waals surface area contributed by atoms with Crippen molar-refractivity contribution in [1.29, 1.82) is 5.26 Å². The number of nitrogens with zero attached hydrogens (tertiary/aromatic N) is 3. The van der Waals surface area contributed by atoms with Crippen LogP contribution in [0.2, 0.25) is 0 Å². The molecule has 5 nitrogen and oxygen atoms in total. The van der Waals surface area contributed by atoms with Crippen molar-refractivity contribution in [3.05, 3.63) is 65.7 Å². The summed E-state index contributed by atoms with van der Waals surface area (Å²) in [4.78, 5) is 17.9. The van der Waals surface area contributed by atoms with Crippen LogP contribution in [0.1, 0.15) is 43.2 Å². The van der Waals surface area contributed by atoms with E-state index in [2.05, 4.69) is 46.6 Å². The molecular formula is C27H34N4O. The predicted molar refractivity (Wildman–Crippen MR) is 128 cm³/mol. The molecule has 4 rings (SSSR count). The molecule has 0 spiro atoms. The maximum atomic E-state index is 13.4. The molecule has 5 heteroatoms. The molecule has 2 aromatic rings. The molecule has 1 N–H and O–H groups in total. The molecule has 2 aliphatic heterocycles. The summed E-state index contributed by atoms with van der Waals surface area (Å²) >= 11 is 0. The number of nitrogens with one attached hydrogen (secondary N) is 1. The molecule has 0 unspecified atom stereocenters. The zero-order valence-corrected chi connectivity index (χ0v) is 18.9. The van der Waals surface area contributed by atoms with E-state index < -0.39 is 0 Å². The Morgan fingerprint density at radius 2 is 1.78 bits per heavy atom. The Morgan fingerprint density at radius 3 is 2.50 bits per heavy atom. The molecule has 0 bridgehead atoms. The standard InChI is InChI=1S/C27H34N4O/c28-20-24-7-4-8-26(19-24)31(27(32)25-9-14-29-15-10-25)18-13-22-11-16-30(17-12-22)21-23-5-2-1-3-6-23/h1-8,19,22,25,29H,9-18,21H2. The first kappa shape index (κ1) is 22.5. The monoisotopic (exact) mass is 430 g/mol. The average Bonchev–Trinajstić information content (AvgIpc) is 2.86. The number of benzene rings is 2. The third kappa shape index (κ3) is 5.97. The van der Waals surface area contributed by atoms with Crippen molar-refractivity contribution in [2.24, 2.45) is 11.8 Å². The van der Waals surface area contributed by atoms with Gasteiger partial charge in [0.15, 0.2) is 0 Å². The first-order chi connectivity index (χ1) is 15.7. The lowest BCUT2D eigenvalue weighted by atomic mass is 9.92. The first-order valence-corrected chi connectivity index (χ1v) is 12.0. The number of carbonyl (C=O) groups is 1. The average molecular weight is 431 g/mol. The quantitative estimate of drug-likeness (QED) is 0.715. The molecular weight excluding hydrogens is 396 g/mol. The smallest absolute Gasteiger partial charge is 0.230 e. The van der Waals surface area contributed by atoms with Crippen LogP contribution in [0, 0.1) is 23.2 Å². The number of likely N-dealkylation sites (tertiary alicyclic amines) is 1. The summed E-state index contributed by atoms with van der Waals surface area (Å²) in [6.45, 7) is 5.80. The molecule has 168 valence electrons. The highest BCUT2D eigenvalue weighted by molar-refractivity contribution is 5.95. The second kappa shape index (κ2) is 11.3. The third-order valence-corrected chi connectivity index (χ3v) is 6.96. The number of hydrogen-bond donors (Lipinski definition) is 1. The summed E-state index contributed by atoms with van der Waals surface area (Å²) < 4.78 is 0. The van der Waals surface area contributed by atoms with Crippen molar-refractivity contribution in [1.82, 2.24) is 10.2 Å². The molecule has 0 radical (unpaired) electrons. The van der Waals surface area contributed by atoms with E-state index in [1.807, 2.05) is 23.1 Å². The number of hydrogen-bond acceptors (Lipinski definition) is 4. The SMILES string of the molecule is N#Cc1cccc(N(CCC2CCN(Cc3ccccc3)CC2)C(=O)C2CCNCC2)c1. The van der Waals surface area contributed by atoms with Crippen molar-refractivity contribution in [3.8, 4) is 6.07 Å². The van der Waals surface area contributed by atoms with E-state index in [1.165, 1.54) is 18.4 Å². The van der Waals surface area contributed by atoms with Gasteiger partial charge in [-0.2, -0.15) is 5.26 Å². The Balaban J connectivity index is 1.36. The fourth-order valence-corrected chi connectivity index (χ4v) is 4.99. The van der Waals surface area contributed by atoms with Crippen molar-refractivity contribution >= 4 is 11.6 Å². The highest BCUT2D eigenvalue weighted by Crippen LogP contribution is 2.26. The summed E-state index contributed by atoms with van der Waals surface area (Å²) in [5.74, 6) is 0.947. The minimum absolute atomic E-state index is 0.0784. The Kier molecular flexibility index (Phi) is 7.92. The van der Waals surface area contributed by atoms with Gasteiger partial charge in [0, 0.05) is 24.7 Å². The Hall–Kier alpha value is -2.68. The van der Waals surface area contributed by atoms with E-state index >= 15 is 0 Å².